The molecule has 114 valence electrons. The van der Waals surface area contributed by atoms with Crippen LogP contribution < -0.4 is 11.5 Å². The number of allylic oxidation sites excluding steroid dienone is 2. The number of halogens is 3. The van der Waals surface area contributed by atoms with Crippen LogP contribution in [0.5, 0.6) is 0 Å². The van der Waals surface area contributed by atoms with E-state index in [1.165, 1.54) is 0 Å². The van der Waals surface area contributed by atoms with Gasteiger partial charge in [-0.25, -0.2) is 0 Å². The van der Waals surface area contributed by atoms with Crippen molar-refractivity contribution in [1.82, 2.24) is 0 Å². The minimum absolute atomic E-state index is 0.0243. The first-order chi connectivity index (χ1) is 9.75. The smallest absolute Gasteiger partial charge is 0.401 e. The Hall–Kier alpha value is -2.31. The van der Waals surface area contributed by atoms with Crippen molar-refractivity contribution in [1.29, 1.82) is 5.41 Å². The Balaban J connectivity index is 2.91. The fourth-order valence-corrected chi connectivity index (χ4v) is 1.92. The van der Waals surface area contributed by atoms with Crippen LogP contribution in [0.4, 0.5) is 13.2 Å². The van der Waals surface area contributed by atoms with Crippen molar-refractivity contribution in [2.75, 3.05) is 0 Å². The van der Waals surface area contributed by atoms with Gasteiger partial charge in [0.25, 0.3) is 0 Å². The number of nitrogens with one attached hydrogen (secondary N) is 1. The maximum Gasteiger partial charge on any atom is 0.419 e. The molecule has 0 bridgehead atoms. The molecule has 5 N–H and O–H groups in total. The molecule has 0 atom stereocenters. The van der Waals surface area contributed by atoms with Gasteiger partial charge in [-0.1, -0.05) is 24.3 Å². The molecule has 0 aliphatic heterocycles. The molecule has 0 saturated heterocycles. The molecule has 1 aromatic carbocycles. The van der Waals surface area contributed by atoms with Crippen LogP contribution in [0, 0.1) is 5.41 Å². The highest BCUT2D eigenvalue weighted by Gasteiger charge is 2.34. The van der Waals surface area contributed by atoms with Crippen LogP contribution in [0.3, 0.4) is 0 Å². The van der Waals surface area contributed by atoms with E-state index in [2.05, 4.69) is 0 Å². The molecular formula is C14H16F3N3O. The van der Waals surface area contributed by atoms with Crippen molar-refractivity contribution in [3.8, 4) is 0 Å². The molecular weight excluding hydrogens is 283 g/mol. The standard InChI is InChI=1S/C14H16F3N3O/c15-14(16,17)11(8-18)12(19)6-5-9-3-1-2-4-10(9)7-13(20)21/h1-4,8,18H,5-7,19H2,(H2,20,21). The van der Waals surface area contributed by atoms with E-state index in [0.717, 1.165) is 0 Å². The van der Waals surface area contributed by atoms with Crippen LogP contribution in [0.2, 0.25) is 0 Å². The molecule has 0 heterocycles. The Labute approximate surface area is 120 Å². The lowest BCUT2D eigenvalue weighted by molar-refractivity contribution is -0.117. The predicted molar refractivity (Wildman–Crippen MR) is 73.7 cm³/mol. The van der Waals surface area contributed by atoms with E-state index < -0.39 is 23.4 Å². The number of carbonyl (C=O) groups is 1. The lowest BCUT2D eigenvalue weighted by Crippen LogP contribution is -2.19. The number of hydrogen-bond donors (Lipinski definition) is 3. The number of nitrogens with two attached hydrogens (primary N) is 2. The van der Waals surface area contributed by atoms with Crippen LogP contribution in [0.25, 0.3) is 0 Å². The average Bonchev–Trinajstić information content (AvgIpc) is 2.36. The zero-order valence-corrected chi connectivity index (χ0v) is 11.2. The minimum atomic E-state index is -4.64. The highest BCUT2D eigenvalue weighted by atomic mass is 19.4. The van der Waals surface area contributed by atoms with Gasteiger partial charge in [0.15, 0.2) is 0 Å². The molecule has 21 heavy (non-hydrogen) atoms. The second-order valence-corrected chi connectivity index (χ2v) is 4.49. The van der Waals surface area contributed by atoms with Crippen molar-refractivity contribution in [3.63, 3.8) is 0 Å². The summed E-state index contributed by atoms with van der Waals surface area (Å²) in [5.74, 6) is -0.513. The summed E-state index contributed by atoms with van der Waals surface area (Å²) < 4.78 is 37.8. The second-order valence-electron chi connectivity index (χ2n) is 4.49. The second kappa shape index (κ2) is 6.92. The number of alkyl halides is 3. The van der Waals surface area contributed by atoms with Crippen molar-refractivity contribution in [2.45, 2.75) is 25.4 Å². The van der Waals surface area contributed by atoms with Gasteiger partial charge >= 0.3 is 6.18 Å². The Morgan fingerprint density at radius 3 is 2.24 bits per heavy atom. The van der Waals surface area contributed by atoms with Crippen molar-refractivity contribution in [3.05, 3.63) is 46.7 Å². The van der Waals surface area contributed by atoms with Crippen LogP contribution in [0.1, 0.15) is 17.5 Å². The Morgan fingerprint density at radius 1 is 1.19 bits per heavy atom. The summed E-state index contributed by atoms with van der Waals surface area (Å²) in [6, 6.07) is 6.85. The molecule has 0 aliphatic rings. The zero-order valence-electron chi connectivity index (χ0n) is 11.2. The van der Waals surface area contributed by atoms with Crippen LogP contribution in [0.15, 0.2) is 35.5 Å². The summed E-state index contributed by atoms with van der Waals surface area (Å²) in [6.07, 6.45) is -4.22. The largest absolute Gasteiger partial charge is 0.419 e. The van der Waals surface area contributed by atoms with Gasteiger partial charge in [-0.2, -0.15) is 13.2 Å². The molecule has 1 rings (SSSR count). The van der Waals surface area contributed by atoms with E-state index in [4.69, 9.17) is 16.9 Å². The number of primary amides is 1. The number of hydrogen-bond acceptors (Lipinski definition) is 3. The van der Waals surface area contributed by atoms with Crippen molar-refractivity contribution < 1.29 is 18.0 Å². The van der Waals surface area contributed by atoms with Gasteiger partial charge in [0.1, 0.15) is 0 Å². The van der Waals surface area contributed by atoms with Crippen LogP contribution >= 0.6 is 0 Å². The van der Waals surface area contributed by atoms with Gasteiger partial charge in [-0.05, 0) is 24.0 Å². The predicted octanol–water partition coefficient (Wildman–Crippen LogP) is 2.07. The number of aryl methyl sites for hydroxylation is 1. The van der Waals surface area contributed by atoms with Crippen LogP contribution in [-0.2, 0) is 17.6 Å². The summed E-state index contributed by atoms with van der Waals surface area (Å²) >= 11 is 0. The van der Waals surface area contributed by atoms with Gasteiger partial charge in [-0.15, -0.1) is 0 Å². The molecule has 1 aromatic rings. The molecule has 0 spiro atoms. The van der Waals surface area contributed by atoms with E-state index in [9.17, 15) is 18.0 Å². The molecule has 0 unspecified atom stereocenters. The van der Waals surface area contributed by atoms with Crippen LogP contribution in [-0.4, -0.2) is 18.3 Å². The van der Waals surface area contributed by atoms with Crippen molar-refractivity contribution in [2.24, 2.45) is 11.5 Å². The third-order valence-corrected chi connectivity index (χ3v) is 2.94. The van der Waals surface area contributed by atoms with Gasteiger partial charge in [0.2, 0.25) is 5.91 Å². The van der Waals surface area contributed by atoms with Gasteiger partial charge in [0, 0.05) is 11.9 Å². The number of amides is 1. The summed E-state index contributed by atoms with van der Waals surface area (Å²) in [5, 5.41) is 6.82. The number of carbonyl (C=O) groups excluding carboxylic acids is 1. The molecule has 0 aromatic heterocycles. The lowest BCUT2D eigenvalue weighted by Gasteiger charge is -2.12. The first-order valence-electron chi connectivity index (χ1n) is 6.17. The van der Waals surface area contributed by atoms with E-state index in [1.54, 1.807) is 24.3 Å². The molecule has 0 saturated carbocycles. The topological polar surface area (TPSA) is 93.0 Å². The Kier molecular flexibility index (Phi) is 5.52. The zero-order chi connectivity index (χ0) is 16.0. The number of benzene rings is 1. The molecule has 1 amide bonds. The van der Waals surface area contributed by atoms with E-state index >= 15 is 0 Å². The third kappa shape index (κ3) is 4.94. The normalized spacial score (nSPS) is 12.7. The maximum absolute atomic E-state index is 12.6. The quantitative estimate of drug-likeness (QED) is 0.701. The highest BCUT2D eigenvalue weighted by Crippen LogP contribution is 2.27. The third-order valence-electron chi connectivity index (χ3n) is 2.94. The fraction of sp³-hybridized carbons (Fsp3) is 0.286. The van der Waals surface area contributed by atoms with Gasteiger partial charge in [0.05, 0.1) is 12.0 Å². The molecule has 4 nitrogen and oxygen atoms in total. The highest BCUT2D eigenvalue weighted by molar-refractivity contribution is 5.78. The summed E-state index contributed by atoms with van der Waals surface area (Å²) in [4.78, 5) is 11.0. The summed E-state index contributed by atoms with van der Waals surface area (Å²) in [5.41, 5.74) is 10.4. The molecule has 7 heteroatoms. The molecule has 0 radical (unpaired) electrons. The fourth-order valence-electron chi connectivity index (χ4n) is 1.92. The summed E-state index contributed by atoms with van der Waals surface area (Å²) in [6.45, 7) is 0. The SMILES string of the molecule is N=CC(=C(N)CCc1ccccc1CC(N)=O)C(F)(F)F. The van der Waals surface area contributed by atoms with E-state index in [-0.39, 0.29) is 25.5 Å². The Bertz CT molecular complexity index is 565. The first-order valence-corrected chi connectivity index (χ1v) is 6.17. The summed E-state index contributed by atoms with van der Waals surface area (Å²) in [7, 11) is 0. The number of rotatable bonds is 6. The Morgan fingerprint density at radius 2 is 1.76 bits per heavy atom. The maximum atomic E-state index is 12.6. The van der Waals surface area contributed by atoms with Crippen molar-refractivity contribution >= 4 is 12.1 Å². The first kappa shape index (κ1) is 16.7. The minimum Gasteiger partial charge on any atom is -0.401 e. The van der Waals surface area contributed by atoms with E-state index in [1.807, 2.05) is 0 Å². The molecule has 0 fully saturated rings. The monoisotopic (exact) mass is 299 g/mol. The van der Waals surface area contributed by atoms with Gasteiger partial charge < -0.3 is 16.9 Å². The molecule has 0 aliphatic carbocycles. The van der Waals surface area contributed by atoms with E-state index in [0.29, 0.717) is 11.1 Å². The lowest BCUT2D eigenvalue weighted by atomic mass is 9.98. The average molecular weight is 299 g/mol. The van der Waals surface area contributed by atoms with Gasteiger partial charge in [-0.3, -0.25) is 4.79 Å².